The predicted octanol–water partition coefficient (Wildman–Crippen LogP) is 3.21. The fourth-order valence-corrected chi connectivity index (χ4v) is 1.46. The minimum Gasteiger partial charge on any atom is -0.338 e. The first-order valence-electron chi connectivity index (χ1n) is 5.13. The number of nitrogens with zero attached hydrogens (tertiary/aromatic N) is 2. The second kappa shape index (κ2) is 4.99. The highest BCUT2D eigenvalue weighted by Gasteiger charge is 2.07. The van der Waals surface area contributed by atoms with E-state index in [-0.39, 0.29) is 0 Å². The highest BCUT2D eigenvalue weighted by Crippen LogP contribution is 2.20. The van der Waals surface area contributed by atoms with Gasteiger partial charge in [0.1, 0.15) is 0 Å². The molecule has 4 nitrogen and oxygen atoms in total. The van der Waals surface area contributed by atoms with Crippen LogP contribution in [0.1, 0.15) is 13.3 Å². The molecule has 0 bridgehead atoms. The number of nitrogens with one attached hydrogen (secondary N) is 1. The molecule has 0 fully saturated rings. The van der Waals surface area contributed by atoms with Gasteiger partial charge in [0.05, 0.1) is 0 Å². The third-order valence-corrected chi connectivity index (χ3v) is 2.27. The van der Waals surface area contributed by atoms with Crippen LogP contribution in [0.25, 0.3) is 11.4 Å². The molecule has 0 saturated heterocycles. The maximum Gasteiger partial charge on any atom is 0.321 e. The molecular weight excluding hydrogens is 226 g/mol. The molecule has 2 aromatic rings. The van der Waals surface area contributed by atoms with Crippen molar-refractivity contribution in [3.63, 3.8) is 0 Å². The Morgan fingerprint density at radius 3 is 3.06 bits per heavy atom. The lowest BCUT2D eigenvalue weighted by Crippen LogP contribution is -1.99. The van der Waals surface area contributed by atoms with E-state index in [1.54, 1.807) is 12.1 Å². The third-order valence-electron chi connectivity index (χ3n) is 2.04. The Kier molecular flexibility index (Phi) is 3.41. The fraction of sp³-hybridized carbons (Fsp3) is 0.273. The summed E-state index contributed by atoms with van der Waals surface area (Å²) < 4.78 is 5.05. The van der Waals surface area contributed by atoms with E-state index in [4.69, 9.17) is 16.1 Å². The van der Waals surface area contributed by atoms with Gasteiger partial charge in [0, 0.05) is 17.1 Å². The Labute approximate surface area is 98.6 Å². The highest BCUT2D eigenvalue weighted by molar-refractivity contribution is 6.30. The zero-order valence-electron chi connectivity index (χ0n) is 8.90. The molecule has 5 heteroatoms. The molecule has 1 aromatic carbocycles. The second-order valence-electron chi connectivity index (χ2n) is 3.36. The van der Waals surface area contributed by atoms with Gasteiger partial charge in [0.15, 0.2) is 0 Å². The quantitative estimate of drug-likeness (QED) is 0.887. The van der Waals surface area contributed by atoms with Gasteiger partial charge in [-0.15, -0.1) is 0 Å². The lowest BCUT2D eigenvalue weighted by molar-refractivity contribution is 0.432. The number of rotatable bonds is 4. The summed E-state index contributed by atoms with van der Waals surface area (Å²) in [5.74, 6) is 0.543. The Morgan fingerprint density at radius 1 is 1.44 bits per heavy atom. The zero-order valence-corrected chi connectivity index (χ0v) is 9.66. The van der Waals surface area contributed by atoms with E-state index >= 15 is 0 Å². The molecule has 1 heterocycles. The standard InChI is InChI=1S/C11H12ClN3O/c1-2-6-13-11-14-10(15-16-11)8-4-3-5-9(12)7-8/h3-5,7H,2,6H2,1H3,(H,13,14,15). The average molecular weight is 238 g/mol. The molecular formula is C11H12ClN3O. The molecule has 2 rings (SSSR count). The van der Waals surface area contributed by atoms with E-state index in [1.807, 2.05) is 12.1 Å². The predicted molar refractivity (Wildman–Crippen MR) is 63.5 cm³/mol. The third kappa shape index (κ3) is 2.52. The normalized spacial score (nSPS) is 10.4. The van der Waals surface area contributed by atoms with E-state index < -0.39 is 0 Å². The van der Waals surface area contributed by atoms with Crippen LogP contribution >= 0.6 is 11.6 Å². The van der Waals surface area contributed by atoms with Gasteiger partial charge in [-0.05, 0) is 18.6 Å². The summed E-state index contributed by atoms with van der Waals surface area (Å²) in [6, 6.07) is 7.79. The maximum atomic E-state index is 5.88. The molecule has 0 aliphatic carbocycles. The van der Waals surface area contributed by atoms with Crippen LogP contribution in [0.3, 0.4) is 0 Å². The highest BCUT2D eigenvalue weighted by atomic mass is 35.5. The zero-order chi connectivity index (χ0) is 11.4. The van der Waals surface area contributed by atoms with Crippen LogP contribution in [0.4, 0.5) is 6.01 Å². The first-order chi connectivity index (χ1) is 7.79. The van der Waals surface area contributed by atoms with Crippen LogP contribution in [0, 0.1) is 0 Å². The molecule has 0 unspecified atom stereocenters. The van der Waals surface area contributed by atoms with Crippen LogP contribution in [-0.4, -0.2) is 16.7 Å². The second-order valence-corrected chi connectivity index (χ2v) is 3.80. The lowest BCUT2D eigenvalue weighted by Gasteiger charge is -1.95. The summed E-state index contributed by atoms with van der Waals surface area (Å²) >= 11 is 5.88. The van der Waals surface area contributed by atoms with E-state index in [0.717, 1.165) is 18.5 Å². The summed E-state index contributed by atoms with van der Waals surface area (Å²) in [7, 11) is 0. The van der Waals surface area contributed by atoms with Crippen molar-refractivity contribution in [3.05, 3.63) is 29.3 Å². The van der Waals surface area contributed by atoms with Crippen LogP contribution < -0.4 is 5.32 Å². The maximum absolute atomic E-state index is 5.88. The van der Waals surface area contributed by atoms with Crippen molar-refractivity contribution in [2.24, 2.45) is 0 Å². The number of aromatic nitrogens is 2. The van der Waals surface area contributed by atoms with E-state index in [2.05, 4.69) is 22.4 Å². The molecule has 0 aliphatic rings. The Morgan fingerprint density at radius 2 is 2.31 bits per heavy atom. The molecule has 1 aromatic heterocycles. The summed E-state index contributed by atoms with van der Waals surface area (Å²) in [6.07, 6.45) is 1.01. The van der Waals surface area contributed by atoms with Gasteiger partial charge in [-0.25, -0.2) is 0 Å². The summed E-state index contributed by atoms with van der Waals surface area (Å²) in [5.41, 5.74) is 0.848. The molecule has 84 valence electrons. The fourth-order valence-electron chi connectivity index (χ4n) is 1.27. The molecule has 0 atom stereocenters. The average Bonchev–Trinajstić information content (AvgIpc) is 2.75. The smallest absolute Gasteiger partial charge is 0.321 e. The molecule has 0 spiro atoms. The van der Waals surface area contributed by atoms with Crippen LogP contribution in [0.5, 0.6) is 0 Å². The molecule has 0 aliphatic heterocycles. The first-order valence-corrected chi connectivity index (χ1v) is 5.51. The number of halogens is 1. The van der Waals surface area contributed by atoms with Gasteiger partial charge in [0.2, 0.25) is 5.82 Å². The Bertz CT molecular complexity index is 470. The minimum atomic E-state index is 0.442. The van der Waals surface area contributed by atoms with Crippen molar-refractivity contribution < 1.29 is 4.52 Å². The summed E-state index contributed by atoms with van der Waals surface area (Å²) in [4.78, 5) is 4.21. The van der Waals surface area contributed by atoms with Crippen molar-refractivity contribution in [2.75, 3.05) is 11.9 Å². The van der Waals surface area contributed by atoms with Crippen molar-refractivity contribution in [2.45, 2.75) is 13.3 Å². The van der Waals surface area contributed by atoms with E-state index in [9.17, 15) is 0 Å². The summed E-state index contributed by atoms with van der Waals surface area (Å²) in [6.45, 7) is 2.89. The van der Waals surface area contributed by atoms with E-state index in [0.29, 0.717) is 16.9 Å². The number of hydrogen-bond donors (Lipinski definition) is 1. The van der Waals surface area contributed by atoms with Crippen LogP contribution in [0.15, 0.2) is 28.8 Å². The van der Waals surface area contributed by atoms with Crippen molar-refractivity contribution in [1.29, 1.82) is 0 Å². The number of anilines is 1. The largest absolute Gasteiger partial charge is 0.338 e. The van der Waals surface area contributed by atoms with Gasteiger partial charge in [-0.3, -0.25) is 0 Å². The number of hydrogen-bond acceptors (Lipinski definition) is 4. The van der Waals surface area contributed by atoms with E-state index in [1.165, 1.54) is 0 Å². The Hall–Kier alpha value is -1.55. The monoisotopic (exact) mass is 237 g/mol. The van der Waals surface area contributed by atoms with Crippen LogP contribution in [-0.2, 0) is 0 Å². The topological polar surface area (TPSA) is 51.0 Å². The lowest BCUT2D eigenvalue weighted by atomic mass is 10.2. The van der Waals surface area contributed by atoms with Crippen LogP contribution in [0.2, 0.25) is 5.02 Å². The Balaban J connectivity index is 2.18. The first kappa shape index (κ1) is 11.0. The van der Waals surface area contributed by atoms with Gasteiger partial charge in [-0.1, -0.05) is 35.8 Å². The molecule has 0 amide bonds. The summed E-state index contributed by atoms with van der Waals surface area (Å²) in [5, 5.41) is 7.56. The van der Waals surface area contributed by atoms with Gasteiger partial charge < -0.3 is 9.84 Å². The van der Waals surface area contributed by atoms with Gasteiger partial charge >= 0.3 is 6.01 Å². The minimum absolute atomic E-state index is 0.442. The van der Waals surface area contributed by atoms with Crippen molar-refractivity contribution >= 4 is 17.6 Å². The van der Waals surface area contributed by atoms with Gasteiger partial charge in [0.25, 0.3) is 0 Å². The van der Waals surface area contributed by atoms with Crippen molar-refractivity contribution in [1.82, 2.24) is 10.1 Å². The molecule has 16 heavy (non-hydrogen) atoms. The van der Waals surface area contributed by atoms with Gasteiger partial charge in [-0.2, -0.15) is 4.98 Å². The molecule has 0 radical (unpaired) electrons. The van der Waals surface area contributed by atoms with Crippen molar-refractivity contribution in [3.8, 4) is 11.4 Å². The SMILES string of the molecule is CCCNc1nc(-c2cccc(Cl)c2)no1. The molecule has 0 saturated carbocycles. The number of benzene rings is 1. The molecule has 1 N–H and O–H groups in total.